The minimum absolute atomic E-state index is 0. The van der Waals surface area contributed by atoms with Crippen LogP contribution in [-0.4, -0.2) is 27.1 Å². The summed E-state index contributed by atoms with van der Waals surface area (Å²) in [4.78, 5) is 42.0. The van der Waals surface area contributed by atoms with Gasteiger partial charge in [-0.2, -0.15) is 0 Å². The minimum atomic E-state index is -1.17. The third kappa shape index (κ3) is 5.56. The van der Waals surface area contributed by atoms with Crippen LogP contribution < -0.4 is 20.7 Å². The van der Waals surface area contributed by atoms with Gasteiger partial charge in [-0.3, -0.25) is 14.4 Å². The number of hydrogen-bond acceptors (Lipinski definition) is 5. The van der Waals surface area contributed by atoms with Gasteiger partial charge < -0.3 is 25.1 Å². The van der Waals surface area contributed by atoms with Gasteiger partial charge in [0.15, 0.2) is 17.4 Å². The van der Waals surface area contributed by atoms with E-state index >= 15 is 0 Å². The zero-order chi connectivity index (χ0) is 26.3. The Morgan fingerprint density at radius 3 is 2.28 bits per heavy atom. The van der Waals surface area contributed by atoms with Crippen LogP contribution in [0.5, 0.6) is 11.5 Å². The Bertz CT molecular complexity index is 1570. The first-order valence-electron chi connectivity index (χ1n) is 12.3. The van der Waals surface area contributed by atoms with Crippen molar-refractivity contribution in [2.24, 2.45) is 11.3 Å². The molecule has 2 fully saturated rings. The minimum Gasteiger partial charge on any atom is -0.453 e. The van der Waals surface area contributed by atoms with Gasteiger partial charge >= 0.3 is 0 Å². The number of carbonyl (C=O) groups excluding carboxylic acids is 3. The van der Waals surface area contributed by atoms with E-state index < -0.39 is 17.1 Å². The van der Waals surface area contributed by atoms with Gasteiger partial charge in [0, 0.05) is 23.4 Å². The van der Waals surface area contributed by atoms with Gasteiger partial charge in [-0.25, -0.2) is 9.37 Å². The molecular formula is C28H25ClFN5O4. The fraction of sp³-hybridized carbons (Fsp3) is 0.214. The van der Waals surface area contributed by atoms with E-state index in [9.17, 15) is 18.8 Å². The summed E-state index contributed by atoms with van der Waals surface area (Å²) in [6.07, 6.45) is 5.94. The summed E-state index contributed by atoms with van der Waals surface area (Å²) in [6, 6.07) is 16.3. The number of amides is 3. The normalized spacial score (nSPS) is 15.1. The smallest absolute Gasteiger partial charge is 0.240 e. The molecule has 0 atom stereocenters. The second-order valence-corrected chi connectivity index (χ2v) is 9.62. The van der Waals surface area contributed by atoms with Crippen molar-refractivity contribution in [3.8, 4) is 11.5 Å². The van der Waals surface area contributed by atoms with Crippen LogP contribution in [0.2, 0.25) is 0 Å². The topological polar surface area (TPSA) is 114 Å². The molecule has 9 nitrogen and oxygen atoms in total. The van der Waals surface area contributed by atoms with Crippen molar-refractivity contribution < 1.29 is 23.5 Å². The zero-order valence-electron chi connectivity index (χ0n) is 20.6. The lowest BCUT2D eigenvalue weighted by Crippen LogP contribution is -2.35. The van der Waals surface area contributed by atoms with E-state index in [-0.39, 0.29) is 41.6 Å². The van der Waals surface area contributed by atoms with Gasteiger partial charge in [-0.15, -0.1) is 12.4 Å². The standard InChI is InChI=1S/C28H24FN5O4.ClH/c29-21-14-19(31-27(37)28(12-13-28)26(36)30-18-4-2-1-3-5-18)8-10-22(21)38-20-9-11-24-32-23(16-34(24)15-20)33-25(35)17-6-7-17;/h1-5,8-11,14-17H,6-7,12-13H2,(H,30,36)(H,31,37)(H,33,35);1H. The molecule has 0 saturated heterocycles. The number of fused-ring (bicyclic) bond motifs is 1. The summed E-state index contributed by atoms with van der Waals surface area (Å²) >= 11 is 0. The van der Waals surface area contributed by atoms with Gasteiger partial charge in [0.05, 0.1) is 12.4 Å². The van der Waals surface area contributed by atoms with E-state index in [0.29, 0.717) is 35.7 Å². The molecule has 0 bridgehead atoms. The van der Waals surface area contributed by atoms with E-state index in [1.54, 1.807) is 53.2 Å². The summed E-state index contributed by atoms with van der Waals surface area (Å²) < 4.78 is 22.3. The molecule has 3 amide bonds. The van der Waals surface area contributed by atoms with Crippen molar-refractivity contribution in [2.45, 2.75) is 25.7 Å². The number of benzene rings is 2. The lowest BCUT2D eigenvalue weighted by Gasteiger charge is -2.16. The lowest BCUT2D eigenvalue weighted by molar-refractivity contribution is -0.131. The summed E-state index contributed by atoms with van der Waals surface area (Å²) in [5, 5.41) is 8.22. The third-order valence-corrected chi connectivity index (χ3v) is 6.69. The van der Waals surface area contributed by atoms with Gasteiger partial charge in [-0.1, -0.05) is 18.2 Å². The van der Waals surface area contributed by atoms with Crippen molar-refractivity contribution in [1.29, 1.82) is 0 Å². The van der Waals surface area contributed by atoms with Crippen LogP contribution in [0.3, 0.4) is 0 Å². The van der Waals surface area contributed by atoms with Crippen LogP contribution in [0, 0.1) is 17.2 Å². The lowest BCUT2D eigenvalue weighted by atomic mass is 10.0. The number of rotatable bonds is 8. The molecule has 39 heavy (non-hydrogen) atoms. The van der Waals surface area contributed by atoms with Gasteiger partial charge in [0.2, 0.25) is 17.7 Å². The summed E-state index contributed by atoms with van der Waals surface area (Å²) in [6.45, 7) is 0. The van der Waals surface area contributed by atoms with Crippen molar-refractivity contribution in [3.05, 3.63) is 78.9 Å². The highest BCUT2D eigenvalue weighted by Gasteiger charge is 2.56. The number of ether oxygens (including phenoxy) is 1. The number of hydrogen-bond donors (Lipinski definition) is 3. The summed E-state index contributed by atoms with van der Waals surface area (Å²) in [7, 11) is 0. The molecule has 0 unspecified atom stereocenters. The molecule has 3 N–H and O–H groups in total. The number of anilines is 3. The maximum absolute atomic E-state index is 14.9. The predicted molar refractivity (Wildman–Crippen MR) is 146 cm³/mol. The van der Waals surface area contributed by atoms with Crippen molar-refractivity contribution >= 4 is 53.0 Å². The first-order valence-corrected chi connectivity index (χ1v) is 12.3. The fourth-order valence-electron chi connectivity index (χ4n) is 4.16. The molecule has 2 aliphatic rings. The molecule has 4 aromatic rings. The van der Waals surface area contributed by atoms with Crippen LogP contribution in [0.1, 0.15) is 25.7 Å². The van der Waals surface area contributed by atoms with E-state index in [4.69, 9.17) is 4.74 Å². The summed E-state index contributed by atoms with van der Waals surface area (Å²) in [5.74, 6) is -0.742. The van der Waals surface area contributed by atoms with Crippen molar-refractivity contribution in [3.63, 3.8) is 0 Å². The van der Waals surface area contributed by atoms with Crippen LogP contribution in [0.25, 0.3) is 5.65 Å². The molecule has 2 saturated carbocycles. The van der Waals surface area contributed by atoms with E-state index in [2.05, 4.69) is 20.9 Å². The monoisotopic (exact) mass is 549 g/mol. The quantitative estimate of drug-likeness (QED) is 0.255. The number of halogens is 2. The highest BCUT2D eigenvalue weighted by Crippen LogP contribution is 2.47. The van der Waals surface area contributed by atoms with Crippen LogP contribution >= 0.6 is 12.4 Å². The Morgan fingerprint density at radius 2 is 1.62 bits per heavy atom. The van der Waals surface area contributed by atoms with E-state index in [1.807, 2.05) is 6.07 Å². The SMILES string of the molecule is Cl.O=C(Nc1cn2cc(Oc3ccc(NC(=O)C4(C(=O)Nc5ccccc5)CC4)cc3F)ccc2n1)C1CC1. The van der Waals surface area contributed by atoms with Crippen LogP contribution in [0.4, 0.5) is 21.6 Å². The number of pyridine rings is 1. The first-order chi connectivity index (χ1) is 18.4. The number of nitrogens with one attached hydrogen (secondary N) is 3. The third-order valence-electron chi connectivity index (χ3n) is 6.69. The number of carbonyl (C=O) groups is 3. The van der Waals surface area contributed by atoms with E-state index in [1.165, 1.54) is 12.1 Å². The first kappa shape index (κ1) is 26.2. The van der Waals surface area contributed by atoms with Crippen molar-refractivity contribution in [2.75, 3.05) is 16.0 Å². The predicted octanol–water partition coefficient (Wildman–Crippen LogP) is 5.39. The second kappa shape index (κ2) is 10.4. The molecule has 11 heteroatoms. The molecule has 0 aliphatic heterocycles. The van der Waals surface area contributed by atoms with Crippen molar-refractivity contribution in [1.82, 2.24) is 9.38 Å². The maximum atomic E-state index is 14.9. The highest BCUT2D eigenvalue weighted by molar-refractivity contribution is 6.16. The molecule has 2 aromatic carbocycles. The number of aromatic nitrogens is 2. The molecular weight excluding hydrogens is 525 g/mol. The summed E-state index contributed by atoms with van der Waals surface area (Å²) in [5.41, 5.74) is 0.267. The number of imidazole rings is 1. The fourth-order valence-corrected chi connectivity index (χ4v) is 4.16. The molecule has 0 spiro atoms. The molecule has 2 aliphatic carbocycles. The Kier molecular flexibility index (Phi) is 6.96. The Hall–Kier alpha value is -4.44. The Labute approximate surface area is 229 Å². The molecule has 2 heterocycles. The average Bonchev–Trinajstić information content (AvgIpc) is 3.82. The van der Waals surface area contributed by atoms with Crippen LogP contribution in [0.15, 0.2) is 73.1 Å². The molecule has 6 rings (SSSR count). The molecule has 200 valence electrons. The molecule has 0 radical (unpaired) electrons. The largest absolute Gasteiger partial charge is 0.453 e. The Morgan fingerprint density at radius 1 is 0.897 bits per heavy atom. The average molecular weight is 550 g/mol. The van der Waals surface area contributed by atoms with E-state index in [0.717, 1.165) is 18.9 Å². The molecule has 2 aromatic heterocycles. The second-order valence-electron chi connectivity index (χ2n) is 9.62. The van der Waals surface area contributed by atoms with Crippen LogP contribution in [-0.2, 0) is 14.4 Å². The number of para-hydroxylation sites is 1. The zero-order valence-corrected chi connectivity index (χ0v) is 21.5. The highest BCUT2D eigenvalue weighted by atomic mass is 35.5. The van der Waals surface area contributed by atoms with Gasteiger partial charge in [0.25, 0.3) is 0 Å². The van der Waals surface area contributed by atoms with Gasteiger partial charge in [-0.05, 0) is 62.1 Å². The maximum Gasteiger partial charge on any atom is 0.240 e. The number of nitrogens with zero attached hydrogens (tertiary/aromatic N) is 2. The van der Waals surface area contributed by atoms with Gasteiger partial charge in [0.1, 0.15) is 16.8 Å². The Balaban J connectivity index is 0.00000308.